The lowest BCUT2D eigenvalue weighted by Crippen LogP contribution is -2.61. The maximum atomic E-state index is 12.3. The van der Waals surface area contributed by atoms with Crippen LogP contribution in [0.4, 0.5) is 0 Å². The van der Waals surface area contributed by atoms with Gasteiger partial charge in [0, 0.05) is 18.0 Å². The molecular formula is C14H22N2O2S. The van der Waals surface area contributed by atoms with Crippen molar-refractivity contribution in [3.8, 4) is 0 Å². The van der Waals surface area contributed by atoms with Gasteiger partial charge in [-0.05, 0) is 44.8 Å². The molecule has 19 heavy (non-hydrogen) atoms. The van der Waals surface area contributed by atoms with E-state index in [1.54, 1.807) is 11.3 Å². The van der Waals surface area contributed by atoms with Crippen LogP contribution in [-0.4, -0.2) is 43.2 Å². The molecule has 0 spiro atoms. The van der Waals surface area contributed by atoms with Crippen LogP contribution in [0.1, 0.15) is 24.6 Å². The summed E-state index contributed by atoms with van der Waals surface area (Å²) in [6, 6.07) is 4.12. The smallest absolute Gasteiger partial charge is 0.327 e. The van der Waals surface area contributed by atoms with E-state index in [0.29, 0.717) is 6.61 Å². The first-order valence-corrected chi connectivity index (χ1v) is 7.67. The third-order valence-electron chi connectivity index (χ3n) is 3.53. The van der Waals surface area contributed by atoms with E-state index in [-0.39, 0.29) is 5.97 Å². The number of rotatable bonds is 5. The molecule has 2 heterocycles. The molecule has 1 atom stereocenters. The standard InChI is InChI=1S/C14H22N2O2S/c1-3-18-13(17)14(7-5-8-16(2)11-14)15-10-12-6-4-9-19-12/h4,6,9,15H,3,5,7-8,10-11H2,1-2H3. The molecule has 0 radical (unpaired) electrons. The first-order valence-electron chi connectivity index (χ1n) is 6.79. The third kappa shape index (κ3) is 3.55. The van der Waals surface area contributed by atoms with Gasteiger partial charge in [0.1, 0.15) is 5.54 Å². The van der Waals surface area contributed by atoms with Crippen molar-refractivity contribution in [2.24, 2.45) is 0 Å². The van der Waals surface area contributed by atoms with Gasteiger partial charge in [0.25, 0.3) is 0 Å². The molecular weight excluding hydrogens is 260 g/mol. The summed E-state index contributed by atoms with van der Waals surface area (Å²) in [5.41, 5.74) is -0.549. The summed E-state index contributed by atoms with van der Waals surface area (Å²) < 4.78 is 5.28. The molecule has 106 valence electrons. The van der Waals surface area contributed by atoms with Crippen molar-refractivity contribution in [1.82, 2.24) is 10.2 Å². The highest BCUT2D eigenvalue weighted by molar-refractivity contribution is 7.09. The lowest BCUT2D eigenvalue weighted by molar-refractivity contribution is -0.153. The number of ether oxygens (including phenoxy) is 1. The fourth-order valence-corrected chi connectivity index (χ4v) is 3.24. The average Bonchev–Trinajstić information content (AvgIpc) is 2.90. The molecule has 1 aliphatic rings. The molecule has 0 amide bonds. The predicted octanol–water partition coefficient (Wildman–Crippen LogP) is 1.87. The Morgan fingerprint density at radius 1 is 1.63 bits per heavy atom. The van der Waals surface area contributed by atoms with E-state index in [1.165, 1.54) is 4.88 Å². The number of hydrogen-bond acceptors (Lipinski definition) is 5. The normalized spacial score (nSPS) is 24.3. The molecule has 0 aliphatic carbocycles. The van der Waals surface area contributed by atoms with Crippen molar-refractivity contribution in [2.45, 2.75) is 31.8 Å². The third-order valence-corrected chi connectivity index (χ3v) is 4.41. The van der Waals surface area contributed by atoms with Crippen LogP contribution < -0.4 is 5.32 Å². The van der Waals surface area contributed by atoms with E-state index in [9.17, 15) is 4.79 Å². The van der Waals surface area contributed by atoms with Crippen molar-refractivity contribution < 1.29 is 9.53 Å². The summed E-state index contributed by atoms with van der Waals surface area (Å²) in [5, 5.41) is 5.50. The Hall–Kier alpha value is -0.910. The van der Waals surface area contributed by atoms with Crippen LogP contribution in [0.3, 0.4) is 0 Å². The van der Waals surface area contributed by atoms with E-state index >= 15 is 0 Å². The van der Waals surface area contributed by atoms with Crippen molar-refractivity contribution in [3.05, 3.63) is 22.4 Å². The second kappa shape index (κ2) is 6.50. The Bertz CT molecular complexity index is 408. The van der Waals surface area contributed by atoms with E-state index in [2.05, 4.69) is 28.7 Å². The number of esters is 1. The van der Waals surface area contributed by atoms with Crippen LogP contribution in [-0.2, 0) is 16.1 Å². The monoisotopic (exact) mass is 282 g/mol. The molecule has 1 fully saturated rings. The molecule has 4 nitrogen and oxygen atoms in total. The topological polar surface area (TPSA) is 41.6 Å². The molecule has 0 bridgehead atoms. The van der Waals surface area contributed by atoms with Gasteiger partial charge in [-0.25, -0.2) is 4.79 Å². The van der Waals surface area contributed by atoms with Gasteiger partial charge < -0.3 is 9.64 Å². The van der Waals surface area contributed by atoms with Gasteiger partial charge in [-0.3, -0.25) is 5.32 Å². The van der Waals surface area contributed by atoms with Crippen LogP contribution in [0.2, 0.25) is 0 Å². The highest BCUT2D eigenvalue weighted by Gasteiger charge is 2.42. The second-order valence-corrected chi connectivity index (χ2v) is 6.11. The molecule has 1 unspecified atom stereocenters. The van der Waals surface area contributed by atoms with Crippen LogP contribution in [0, 0.1) is 0 Å². The SMILES string of the molecule is CCOC(=O)C1(NCc2cccs2)CCCN(C)C1. The van der Waals surface area contributed by atoms with Crippen molar-refractivity contribution in [3.63, 3.8) is 0 Å². The quantitative estimate of drug-likeness (QED) is 0.837. The van der Waals surface area contributed by atoms with Crippen molar-refractivity contribution >= 4 is 17.3 Å². The summed E-state index contributed by atoms with van der Waals surface area (Å²) in [7, 11) is 2.06. The Kier molecular flexibility index (Phi) is 4.96. The zero-order valence-corrected chi connectivity index (χ0v) is 12.5. The van der Waals surface area contributed by atoms with Crippen LogP contribution in [0.25, 0.3) is 0 Å². The van der Waals surface area contributed by atoms with E-state index in [1.807, 2.05) is 13.0 Å². The van der Waals surface area contributed by atoms with Crippen molar-refractivity contribution in [1.29, 1.82) is 0 Å². The van der Waals surface area contributed by atoms with Gasteiger partial charge in [0.05, 0.1) is 6.61 Å². The first kappa shape index (κ1) is 14.5. The minimum atomic E-state index is -0.549. The Labute approximate surface area is 118 Å². The Morgan fingerprint density at radius 3 is 3.11 bits per heavy atom. The fourth-order valence-electron chi connectivity index (χ4n) is 2.59. The molecule has 2 rings (SSSR count). The average molecular weight is 282 g/mol. The minimum Gasteiger partial charge on any atom is -0.465 e. The van der Waals surface area contributed by atoms with Crippen molar-refractivity contribution in [2.75, 3.05) is 26.7 Å². The highest BCUT2D eigenvalue weighted by Crippen LogP contribution is 2.23. The number of nitrogens with zero attached hydrogens (tertiary/aromatic N) is 1. The van der Waals surface area contributed by atoms with Gasteiger partial charge in [0.15, 0.2) is 0 Å². The molecule has 0 aromatic carbocycles. The van der Waals surface area contributed by atoms with Gasteiger partial charge in [-0.1, -0.05) is 6.07 Å². The lowest BCUT2D eigenvalue weighted by Gasteiger charge is -2.40. The van der Waals surface area contributed by atoms with Crippen LogP contribution in [0.15, 0.2) is 17.5 Å². The molecule has 1 aromatic heterocycles. The largest absolute Gasteiger partial charge is 0.465 e. The van der Waals surface area contributed by atoms with Gasteiger partial charge >= 0.3 is 5.97 Å². The number of carbonyl (C=O) groups excluding carboxylic acids is 1. The van der Waals surface area contributed by atoms with E-state index < -0.39 is 5.54 Å². The minimum absolute atomic E-state index is 0.113. The highest BCUT2D eigenvalue weighted by atomic mass is 32.1. The summed E-state index contributed by atoms with van der Waals surface area (Å²) in [6.07, 6.45) is 1.87. The first-order chi connectivity index (χ1) is 9.16. The van der Waals surface area contributed by atoms with Crippen LogP contribution in [0.5, 0.6) is 0 Å². The number of hydrogen-bond donors (Lipinski definition) is 1. The van der Waals surface area contributed by atoms with Crippen LogP contribution >= 0.6 is 11.3 Å². The zero-order valence-electron chi connectivity index (χ0n) is 11.6. The zero-order chi connectivity index (χ0) is 13.7. The Balaban J connectivity index is 2.06. The molecule has 5 heteroatoms. The molecule has 1 N–H and O–H groups in total. The Morgan fingerprint density at radius 2 is 2.47 bits per heavy atom. The van der Waals surface area contributed by atoms with E-state index in [0.717, 1.165) is 32.5 Å². The maximum absolute atomic E-state index is 12.3. The fraction of sp³-hybridized carbons (Fsp3) is 0.643. The molecule has 1 aromatic rings. The number of likely N-dealkylation sites (tertiary alicyclic amines) is 1. The summed E-state index contributed by atoms with van der Waals surface area (Å²) in [6.45, 7) is 4.78. The number of thiophene rings is 1. The molecule has 0 saturated carbocycles. The summed E-state index contributed by atoms with van der Waals surface area (Å²) in [5.74, 6) is -0.113. The number of likely N-dealkylation sites (N-methyl/N-ethyl adjacent to an activating group) is 1. The maximum Gasteiger partial charge on any atom is 0.327 e. The number of nitrogens with one attached hydrogen (secondary N) is 1. The summed E-state index contributed by atoms with van der Waals surface area (Å²) in [4.78, 5) is 15.8. The predicted molar refractivity (Wildman–Crippen MR) is 77.3 cm³/mol. The molecule has 1 saturated heterocycles. The molecule has 1 aliphatic heterocycles. The lowest BCUT2D eigenvalue weighted by atomic mass is 9.89. The summed E-state index contributed by atoms with van der Waals surface area (Å²) >= 11 is 1.71. The number of piperidine rings is 1. The van der Waals surface area contributed by atoms with Gasteiger partial charge in [-0.2, -0.15) is 0 Å². The van der Waals surface area contributed by atoms with Gasteiger partial charge in [-0.15, -0.1) is 11.3 Å². The second-order valence-electron chi connectivity index (χ2n) is 5.08. The van der Waals surface area contributed by atoms with E-state index in [4.69, 9.17) is 4.74 Å². The van der Waals surface area contributed by atoms with Gasteiger partial charge in [0.2, 0.25) is 0 Å². The number of carbonyl (C=O) groups is 1.